The Labute approximate surface area is 111 Å². The van der Waals surface area contributed by atoms with Crippen molar-refractivity contribution >= 4 is 0 Å². The van der Waals surface area contributed by atoms with Crippen LogP contribution in [0, 0.1) is 11.8 Å². The monoisotopic (exact) mass is 254 g/mol. The largest absolute Gasteiger partial charge is 0.328 e. The summed E-state index contributed by atoms with van der Waals surface area (Å²) in [6.07, 6.45) is 4.85. The molecule has 0 bridgehead atoms. The summed E-state index contributed by atoms with van der Waals surface area (Å²) in [5, 5.41) is 0. The molecule has 4 heteroatoms. The molecule has 2 saturated carbocycles. The van der Waals surface area contributed by atoms with E-state index in [0.29, 0.717) is 11.8 Å². The summed E-state index contributed by atoms with van der Waals surface area (Å²) in [7, 11) is 0. The Morgan fingerprint density at radius 1 is 1.06 bits per heavy atom. The van der Waals surface area contributed by atoms with E-state index in [1.165, 1.54) is 0 Å². The van der Waals surface area contributed by atoms with Crippen molar-refractivity contribution in [2.45, 2.75) is 75.5 Å². The van der Waals surface area contributed by atoms with Crippen LogP contribution in [0.25, 0.3) is 0 Å². The number of rotatable bonds is 3. The van der Waals surface area contributed by atoms with E-state index in [0.717, 1.165) is 32.1 Å². The van der Waals surface area contributed by atoms with Crippen LogP contribution in [0.4, 0.5) is 0 Å². The molecule has 6 unspecified atom stereocenters. The zero-order valence-electron chi connectivity index (χ0n) is 12.1. The smallest absolute Gasteiger partial charge is 0.0175 e. The van der Waals surface area contributed by atoms with Gasteiger partial charge < -0.3 is 22.9 Å². The van der Waals surface area contributed by atoms with Crippen molar-refractivity contribution in [3.8, 4) is 0 Å². The molecule has 0 heterocycles. The molecule has 0 aromatic rings. The number of hydrogen-bond acceptors (Lipinski definition) is 4. The molecule has 0 saturated heterocycles. The Morgan fingerprint density at radius 3 is 2.11 bits per heavy atom. The topological polar surface area (TPSA) is 104 Å². The predicted octanol–water partition coefficient (Wildman–Crippen LogP) is 0.676. The number of hydrogen-bond donors (Lipinski definition) is 4. The molecule has 0 aliphatic heterocycles. The van der Waals surface area contributed by atoms with Crippen molar-refractivity contribution in [1.29, 1.82) is 0 Å². The molecule has 18 heavy (non-hydrogen) atoms. The Kier molecular flexibility index (Phi) is 3.30. The van der Waals surface area contributed by atoms with Crippen LogP contribution in [0.5, 0.6) is 0 Å². The first-order valence-electron chi connectivity index (χ1n) is 7.18. The molecule has 4 nitrogen and oxygen atoms in total. The zero-order chi connectivity index (χ0) is 13.8. The van der Waals surface area contributed by atoms with E-state index in [2.05, 4.69) is 13.8 Å². The van der Waals surface area contributed by atoms with Crippen LogP contribution >= 0.6 is 0 Å². The van der Waals surface area contributed by atoms with Crippen LogP contribution in [-0.4, -0.2) is 22.7 Å². The lowest BCUT2D eigenvalue weighted by Gasteiger charge is -2.64. The first-order chi connectivity index (χ1) is 8.06. The molecule has 0 aromatic carbocycles. The van der Waals surface area contributed by atoms with Gasteiger partial charge in [-0.3, -0.25) is 0 Å². The standard InChI is InChI=1S/C14H30N4/c1-9(15)4-5-14(18)7-11-10(6-12(11,2)16)13(3,17)8-14/h9-11H,4-8,15-18H2,1-3H3. The third kappa shape index (κ3) is 2.44. The minimum atomic E-state index is -0.181. The van der Waals surface area contributed by atoms with E-state index < -0.39 is 0 Å². The molecule has 2 fully saturated rings. The van der Waals surface area contributed by atoms with Gasteiger partial charge in [-0.2, -0.15) is 0 Å². The molecule has 0 amide bonds. The van der Waals surface area contributed by atoms with Gasteiger partial charge in [0.25, 0.3) is 0 Å². The SMILES string of the molecule is CC(N)CCC1(N)CC2C(CC2(C)N)C(C)(N)C1. The molecule has 2 aliphatic carbocycles. The average molecular weight is 254 g/mol. The molecule has 106 valence electrons. The van der Waals surface area contributed by atoms with E-state index in [1.54, 1.807) is 0 Å². The van der Waals surface area contributed by atoms with Crippen LogP contribution in [0.2, 0.25) is 0 Å². The second-order valence-electron chi connectivity index (χ2n) is 7.69. The highest BCUT2D eigenvalue weighted by Crippen LogP contribution is 2.56. The van der Waals surface area contributed by atoms with Crippen LogP contribution in [0.15, 0.2) is 0 Å². The summed E-state index contributed by atoms with van der Waals surface area (Å²) in [6.45, 7) is 6.32. The first kappa shape index (κ1) is 14.3. The molecule has 0 spiro atoms. The van der Waals surface area contributed by atoms with E-state index >= 15 is 0 Å². The minimum absolute atomic E-state index is 0.0787. The van der Waals surface area contributed by atoms with Crippen molar-refractivity contribution in [1.82, 2.24) is 0 Å². The molecular formula is C14H30N4. The fourth-order valence-electron chi connectivity index (χ4n) is 4.24. The third-order valence-electron chi connectivity index (χ3n) is 5.30. The van der Waals surface area contributed by atoms with E-state index in [-0.39, 0.29) is 22.7 Å². The van der Waals surface area contributed by atoms with Gasteiger partial charge in [0.15, 0.2) is 0 Å². The third-order valence-corrected chi connectivity index (χ3v) is 5.30. The normalized spacial score (nSPS) is 53.5. The second kappa shape index (κ2) is 4.17. The first-order valence-corrected chi connectivity index (χ1v) is 7.18. The van der Waals surface area contributed by atoms with E-state index in [1.807, 2.05) is 6.92 Å². The molecule has 0 radical (unpaired) electrons. The van der Waals surface area contributed by atoms with Gasteiger partial charge in [-0.15, -0.1) is 0 Å². The van der Waals surface area contributed by atoms with Gasteiger partial charge in [0, 0.05) is 22.7 Å². The summed E-state index contributed by atoms with van der Waals surface area (Å²) in [6, 6.07) is 0.206. The van der Waals surface area contributed by atoms with Crippen molar-refractivity contribution in [2.24, 2.45) is 34.8 Å². The highest BCUT2D eigenvalue weighted by molar-refractivity contribution is 5.17. The van der Waals surface area contributed by atoms with Crippen molar-refractivity contribution in [3.05, 3.63) is 0 Å². The lowest BCUT2D eigenvalue weighted by molar-refractivity contribution is -0.0682. The maximum absolute atomic E-state index is 6.60. The second-order valence-corrected chi connectivity index (χ2v) is 7.69. The molecular weight excluding hydrogens is 224 g/mol. The maximum Gasteiger partial charge on any atom is 0.0175 e. The Bertz CT molecular complexity index is 324. The van der Waals surface area contributed by atoms with Crippen LogP contribution in [-0.2, 0) is 0 Å². The highest BCUT2D eigenvalue weighted by atomic mass is 14.9. The van der Waals surface area contributed by atoms with Crippen LogP contribution < -0.4 is 22.9 Å². The van der Waals surface area contributed by atoms with Gasteiger partial charge in [0.2, 0.25) is 0 Å². The molecule has 2 aliphatic rings. The minimum Gasteiger partial charge on any atom is -0.328 e. The van der Waals surface area contributed by atoms with Gasteiger partial charge in [-0.05, 0) is 64.7 Å². The lowest BCUT2D eigenvalue weighted by atomic mass is 9.46. The van der Waals surface area contributed by atoms with E-state index in [9.17, 15) is 0 Å². The van der Waals surface area contributed by atoms with Crippen LogP contribution in [0.3, 0.4) is 0 Å². The van der Waals surface area contributed by atoms with E-state index in [4.69, 9.17) is 22.9 Å². The Morgan fingerprint density at radius 2 is 1.61 bits per heavy atom. The summed E-state index contributed by atoms with van der Waals surface area (Å²) in [5.74, 6) is 1.01. The fourth-order valence-corrected chi connectivity index (χ4v) is 4.24. The summed E-state index contributed by atoms with van der Waals surface area (Å²) in [4.78, 5) is 0. The summed E-state index contributed by atoms with van der Waals surface area (Å²) >= 11 is 0. The number of fused-ring (bicyclic) bond motifs is 1. The van der Waals surface area contributed by atoms with Gasteiger partial charge >= 0.3 is 0 Å². The van der Waals surface area contributed by atoms with Gasteiger partial charge in [0.1, 0.15) is 0 Å². The van der Waals surface area contributed by atoms with Crippen molar-refractivity contribution in [3.63, 3.8) is 0 Å². The summed E-state index contributed by atoms with van der Waals surface area (Å²) < 4.78 is 0. The van der Waals surface area contributed by atoms with Crippen molar-refractivity contribution in [2.75, 3.05) is 0 Å². The van der Waals surface area contributed by atoms with Gasteiger partial charge in [0.05, 0.1) is 0 Å². The molecule has 8 N–H and O–H groups in total. The lowest BCUT2D eigenvalue weighted by Crippen LogP contribution is -2.73. The van der Waals surface area contributed by atoms with Gasteiger partial charge in [-0.1, -0.05) is 0 Å². The zero-order valence-corrected chi connectivity index (χ0v) is 12.1. The van der Waals surface area contributed by atoms with Crippen molar-refractivity contribution < 1.29 is 0 Å². The van der Waals surface area contributed by atoms with Gasteiger partial charge in [-0.25, -0.2) is 0 Å². The average Bonchev–Trinajstić information content (AvgIpc) is 2.19. The summed E-state index contributed by atoms with van der Waals surface area (Å²) in [5.41, 5.74) is 24.9. The molecule has 0 aromatic heterocycles. The Balaban J connectivity index is 2.10. The Hall–Kier alpha value is -0.160. The highest BCUT2D eigenvalue weighted by Gasteiger charge is 2.60. The molecule has 2 rings (SSSR count). The van der Waals surface area contributed by atoms with Crippen LogP contribution in [0.1, 0.15) is 52.9 Å². The number of nitrogens with two attached hydrogens (primary N) is 4. The fraction of sp³-hybridized carbons (Fsp3) is 1.00. The predicted molar refractivity (Wildman–Crippen MR) is 75.8 cm³/mol. The molecule has 6 atom stereocenters. The quantitative estimate of drug-likeness (QED) is 0.594. The maximum atomic E-state index is 6.60.